The number of para-hydroxylation sites is 2. The average Bonchev–Trinajstić information content (AvgIpc) is 2.96. The zero-order chi connectivity index (χ0) is 25.5. The molecular weight excluding hydrogens is 454 g/mol. The summed E-state index contributed by atoms with van der Waals surface area (Å²) in [6.07, 6.45) is 2.69. The predicted octanol–water partition coefficient (Wildman–Crippen LogP) is 8.45. The van der Waals surface area contributed by atoms with Crippen LogP contribution < -0.4 is 9.91 Å². The van der Waals surface area contributed by atoms with Gasteiger partial charge in [0.1, 0.15) is 6.29 Å². The van der Waals surface area contributed by atoms with Gasteiger partial charge in [0.15, 0.2) is 0 Å². The van der Waals surface area contributed by atoms with Crippen molar-refractivity contribution in [3.05, 3.63) is 150 Å². The maximum atomic E-state index is 11.1. The van der Waals surface area contributed by atoms with Gasteiger partial charge in [-0.3, -0.25) is 4.79 Å². The first-order chi connectivity index (χ1) is 18.2. The van der Waals surface area contributed by atoms with Crippen molar-refractivity contribution in [1.82, 2.24) is 0 Å². The molecule has 0 aliphatic heterocycles. The number of aldehydes is 1. The van der Waals surface area contributed by atoms with Crippen LogP contribution in [-0.4, -0.2) is 12.5 Å². The van der Waals surface area contributed by atoms with Crippen molar-refractivity contribution in [1.29, 1.82) is 0 Å². The van der Waals surface area contributed by atoms with Crippen molar-refractivity contribution in [2.45, 2.75) is 6.92 Å². The van der Waals surface area contributed by atoms with Crippen LogP contribution in [0.25, 0.3) is 0 Å². The summed E-state index contributed by atoms with van der Waals surface area (Å²) in [5.74, 6) is 0. The number of anilines is 5. The van der Waals surface area contributed by atoms with E-state index < -0.39 is 0 Å². The highest BCUT2D eigenvalue weighted by Crippen LogP contribution is 2.34. The smallest absolute Gasteiger partial charge is 0.150 e. The normalized spacial score (nSPS) is 10.8. The highest BCUT2D eigenvalue weighted by molar-refractivity contribution is 5.84. The van der Waals surface area contributed by atoms with Crippen molar-refractivity contribution in [3.63, 3.8) is 0 Å². The Morgan fingerprint density at radius 1 is 0.514 bits per heavy atom. The lowest BCUT2D eigenvalue weighted by Crippen LogP contribution is -2.10. The minimum Gasteiger partial charge on any atom is -0.311 e. The fraction of sp³-hybridized carbons (Fsp3) is 0.0303. The molecule has 37 heavy (non-hydrogen) atoms. The van der Waals surface area contributed by atoms with Gasteiger partial charge in [-0.1, -0.05) is 66.2 Å². The minimum atomic E-state index is 0.632. The molecule has 0 saturated carbocycles. The molecule has 0 heterocycles. The zero-order valence-corrected chi connectivity index (χ0v) is 20.6. The average molecular weight is 482 g/mol. The largest absolute Gasteiger partial charge is 0.311 e. The van der Waals surface area contributed by atoms with Crippen LogP contribution in [0.4, 0.5) is 28.4 Å². The Hall–Kier alpha value is -4.96. The maximum Gasteiger partial charge on any atom is 0.150 e. The lowest BCUT2D eigenvalue weighted by molar-refractivity contribution is 0.112. The van der Waals surface area contributed by atoms with Gasteiger partial charge in [-0.2, -0.15) is 5.10 Å². The van der Waals surface area contributed by atoms with Crippen LogP contribution in [0.15, 0.2) is 139 Å². The molecule has 5 aromatic carbocycles. The number of hydrazone groups is 1. The highest BCUT2D eigenvalue weighted by Gasteiger charge is 2.12. The first-order valence-electron chi connectivity index (χ1n) is 12.2. The van der Waals surface area contributed by atoms with Crippen molar-refractivity contribution in [2.24, 2.45) is 5.10 Å². The molecule has 0 amide bonds. The molecule has 0 radical (unpaired) electrons. The number of nitrogens with zero attached hydrogens (tertiary/aromatic N) is 3. The van der Waals surface area contributed by atoms with Crippen molar-refractivity contribution >= 4 is 40.9 Å². The van der Waals surface area contributed by atoms with Crippen molar-refractivity contribution in [3.8, 4) is 0 Å². The SMILES string of the molecule is Cc1ccc(N(c2ccccc2)c2ccc(/C=N/N(c3ccccc3)c3ccc(C=O)cc3)cc2)cc1. The first kappa shape index (κ1) is 23.8. The van der Waals surface area contributed by atoms with E-state index in [1.165, 1.54) is 5.56 Å². The molecule has 0 spiro atoms. The Morgan fingerprint density at radius 3 is 1.51 bits per heavy atom. The van der Waals surface area contributed by atoms with Gasteiger partial charge in [0.05, 0.1) is 17.6 Å². The molecule has 0 saturated heterocycles. The van der Waals surface area contributed by atoms with Crippen molar-refractivity contribution < 1.29 is 4.79 Å². The lowest BCUT2D eigenvalue weighted by atomic mass is 10.1. The standard InChI is InChI=1S/C33H27N3O/c1-26-12-18-30(19-13-26)35(29-8-4-2-5-9-29)31-20-14-27(15-21-31)24-34-36(32-10-6-3-7-11-32)33-22-16-28(25-37)17-23-33/h2-25H,1H3/b34-24+. The van der Waals surface area contributed by atoms with Crippen LogP contribution in [-0.2, 0) is 0 Å². The van der Waals surface area contributed by atoms with Gasteiger partial charge in [-0.15, -0.1) is 0 Å². The number of aryl methyl sites for hydroxylation is 1. The van der Waals surface area contributed by atoms with Crippen LogP contribution in [0.5, 0.6) is 0 Å². The number of benzene rings is 5. The molecule has 0 aromatic heterocycles. The monoisotopic (exact) mass is 481 g/mol. The minimum absolute atomic E-state index is 0.632. The van der Waals surface area contributed by atoms with E-state index in [0.717, 1.165) is 40.3 Å². The Bertz CT molecular complexity index is 1460. The Balaban J connectivity index is 1.45. The molecule has 0 N–H and O–H groups in total. The summed E-state index contributed by atoms with van der Waals surface area (Å²) in [4.78, 5) is 13.3. The summed E-state index contributed by atoms with van der Waals surface area (Å²) in [5.41, 5.74) is 7.92. The molecular formula is C33H27N3O. The van der Waals surface area contributed by atoms with E-state index in [4.69, 9.17) is 5.10 Å². The molecule has 5 aromatic rings. The van der Waals surface area contributed by atoms with Crippen LogP contribution in [0, 0.1) is 6.92 Å². The molecule has 0 fully saturated rings. The van der Waals surface area contributed by atoms with E-state index in [9.17, 15) is 4.79 Å². The molecule has 4 nitrogen and oxygen atoms in total. The maximum absolute atomic E-state index is 11.1. The van der Waals surface area contributed by atoms with Gasteiger partial charge < -0.3 is 4.90 Å². The van der Waals surface area contributed by atoms with Crippen LogP contribution in [0.1, 0.15) is 21.5 Å². The lowest BCUT2D eigenvalue weighted by Gasteiger charge is -2.25. The number of hydrogen-bond donors (Lipinski definition) is 0. The van der Waals surface area contributed by atoms with E-state index in [1.807, 2.05) is 59.8 Å². The summed E-state index contributed by atoms with van der Waals surface area (Å²) in [7, 11) is 0. The van der Waals surface area contributed by atoms with E-state index >= 15 is 0 Å². The molecule has 0 atom stereocenters. The number of carbonyl (C=O) groups is 1. The third-order valence-corrected chi connectivity index (χ3v) is 6.05. The van der Waals surface area contributed by atoms with Gasteiger partial charge in [0.25, 0.3) is 0 Å². The molecule has 0 aliphatic carbocycles. The number of carbonyl (C=O) groups excluding carboxylic acids is 1. The molecule has 5 rings (SSSR count). The van der Waals surface area contributed by atoms with Crippen LogP contribution >= 0.6 is 0 Å². The van der Waals surface area contributed by atoms with Gasteiger partial charge in [0, 0.05) is 22.6 Å². The summed E-state index contributed by atoms with van der Waals surface area (Å²) in [6.45, 7) is 2.10. The van der Waals surface area contributed by atoms with Gasteiger partial charge in [-0.25, -0.2) is 5.01 Å². The third kappa shape index (κ3) is 5.65. The molecule has 0 bridgehead atoms. The van der Waals surface area contributed by atoms with E-state index in [1.54, 1.807) is 12.1 Å². The van der Waals surface area contributed by atoms with Gasteiger partial charge in [0.2, 0.25) is 0 Å². The number of rotatable bonds is 8. The quantitative estimate of drug-likeness (QED) is 0.127. The topological polar surface area (TPSA) is 35.9 Å². The predicted molar refractivity (Wildman–Crippen MR) is 154 cm³/mol. The molecule has 4 heteroatoms. The second kappa shape index (κ2) is 11.2. The summed E-state index contributed by atoms with van der Waals surface area (Å²) >= 11 is 0. The second-order valence-electron chi connectivity index (χ2n) is 8.70. The van der Waals surface area contributed by atoms with Gasteiger partial charge in [-0.05, 0) is 85.3 Å². The second-order valence-corrected chi connectivity index (χ2v) is 8.70. The number of hydrogen-bond acceptors (Lipinski definition) is 4. The molecule has 0 aliphatic rings. The Labute approximate surface area is 217 Å². The Morgan fingerprint density at radius 2 is 0.946 bits per heavy atom. The van der Waals surface area contributed by atoms with Gasteiger partial charge >= 0.3 is 0 Å². The first-order valence-corrected chi connectivity index (χ1v) is 12.2. The zero-order valence-electron chi connectivity index (χ0n) is 20.6. The van der Waals surface area contributed by atoms with Crippen molar-refractivity contribution in [2.75, 3.05) is 9.91 Å². The summed E-state index contributed by atoms with van der Waals surface area (Å²) in [5, 5.41) is 6.66. The molecule has 180 valence electrons. The van der Waals surface area contributed by atoms with Crippen LogP contribution in [0.3, 0.4) is 0 Å². The van der Waals surface area contributed by atoms with E-state index in [0.29, 0.717) is 5.56 Å². The Kier molecular flexibility index (Phi) is 7.19. The van der Waals surface area contributed by atoms with E-state index in [-0.39, 0.29) is 0 Å². The highest BCUT2D eigenvalue weighted by atomic mass is 16.1. The summed E-state index contributed by atoms with van der Waals surface area (Å²) < 4.78 is 0. The summed E-state index contributed by atoms with van der Waals surface area (Å²) in [6, 6.07) is 44.6. The fourth-order valence-corrected chi connectivity index (χ4v) is 4.10. The van der Waals surface area contributed by atoms with E-state index in [2.05, 4.69) is 84.6 Å². The third-order valence-electron chi connectivity index (χ3n) is 6.05. The molecule has 0 unspecified atom stereocenters. The van der Waals surface area contributed by atoms with Crippen LogP contribution in [0.2, 0.25) is 0 Å². The fourth-order valence-electron chi connectivity index (χ4n) is 4.10.